The van der Waals surface area contributed by atoms with E-state index >= 15 is 0 Å². The second kappa shape index (κ2) is 12.2. The molecule has 0 spiro atoms. The zero-order valence-corrected chi connectivity index (χ0v) is 22.1. The Morgan fingerprint density at radius 2 is 1.19 bits per heavy atom. The molecule has 2 fully saturated rings. The first kappa shape index (κ1) is 30.9. The summed E-state index contributed by atoms with van der Waals surface area (Å²) in [5.74, 6) is -1.96. The number of phenols is 3. The summed E-state index contributed by atoms with van der Waals surface area (Å²) in [6.07, 6.45) is -16.4. The third kappa shape index (κ3) is 5.85. The minimum atomic E-state index is -1.82. The minimum Gasteiger partial charge on any atom is -0.507 e. The van der Waals surface area contributed by atoms with E-state index in [1.807, 2.05) is 0 Å². The average molecular weight is 612 g/mol. The average Bonchev–Trinajstić information content (AvgIpc) is 2.98. The van der Waals surface area contributed by atoms with Crippen molar-refractivity contribution in [2.24, 2.45) is 0 Å². The molecule has 2 aliphatic rings. The van der Waals surface area contributed by atoms with Crippen LogP contribution in [0.25, 0.3) is 22.3 Å². The summed E-state index contributed by atoms with van der Waals surface area (Å²) >= 11 is 0. The van der Waals surface area contributed by atoms with Crippen molar-refractivity contribution >= 4 is 11.0 Å². The molecular formula is C27H31O16+. The predicted octanol–water partition coefficient (Wildman–Crippen LogP) is -2.14. The number of rotatable bonds is 7. The predicted molar refractivity (Wildman–Crippen MR) is 140 cm³/mol. The molecule has 2 saturated heterocycles. The largest absolute Gasteiger partial charge is 0.507 e. The van der Waals surface area contributed by atoms with Gasteiger partial charge < -0.3 is 75.1 Å². The molecule has 0 amide bonds. The van der Waals surface area contributed by atoms with Gasteiger partial charge in [0.1, 0.15) is 65.7 Å². The van der Waals surface area contributed by atoms with Crippen LogP contribution in [0, 0.1) is 0 Å². The Morgan fingerprint density at radius 1 is 0.628 bits per heavy atom. The first-order valence-corrected chi connectivity index (χ1v) is 13.0. The first-order chi connectivity index (χ1) is 20.4. The van der Waals surface area contributed by atoms with Crippen LogP contribution in [-0.2, 0) is 9.47 Å². The van der Waals surface area contributed by atoms with E-state index in [-0.39, 0.29) is 33.8 Å². The highest BCUT2D eigenvalue weighted by atomic mass is 16.7. The molecule has 16 nitrogen and oxygen atoms in total. The van der Waals surface area contributed by atoms with Crippen molar-refractivity contribution < 1.29 is 79.5 Å². The number of aliphatic hydroxyl groups is 8. The van der Waals surface area contributed by atoms with E-state index in [0.29, 0.717) is 0 Å². The topological polar surface area (TPSA) is 271 Å². The van der Waals surface area contributed by atoms with Crippen LogP contribution in [0.1, 0.15) is 0 Å². The summed E-state index contributed by atoms with van der Waals surface area (Å²) in [6, 6.07) is 7.17. The fourth-order valence-corrected chi connectivity index (χ4v) is 4.80. The molecule has 2 aromatic carbocycles. The highest BCUT2D eigenvalue weighted by Crippen LogP contribution is 2.43. The van der Waals surface area contributed by atoms with Crippen molar-refractivity contribution in [3.8, 4) is 40.1 Å². The lowest BCUT2D eigenvalue weighted by Gasteiger charge is -2.39. The molecule has 10 atom stereocenters. The van der Waals surface area contributed by atoms with Crippen LogP contribution in [0.5, 0.6) is 28.7 Å². The molecule has 1 aromatic heterocycles. The van der Waals surface area contributed by atoms with E-state index in [2.05, 4.69) is 0 Å². The lowest BCUT2D eigenvalue weighted by atomic mass is 9.99. The molecule has 0 aliphatic carbocycles. The number of phenolic OH excluding ortho intramolecular Hbond substituents is 3. The molecule has 5 rings (SSSR count). The maximum absolute atomic E-state index is 10.6. The van der Waals surface area contributed by atoms with Gasteiger partial charge in [0.2, 0.25) is 18.3 Å². The van der Waals surface area contributed by atoms with Crippen LogP contribution >= 0.6 is 0 Å². The Labute approximate surface area is 242 Å². The fraction of sp³-hybridized carbons (Fsp3) is 0.444. The summed E-state index contributed by atoms with van der Waals surface area (Å²) in [7, 11) is 0. The third-order valence-electron chi connectivity index (χ3n) is 7.22. The molecule has 234 valence electrons. The summed E-state index contributed by atoms with van der Waals surface area (Å²) in [4.78, 5) is 0. The van der Waals surface area contributed by atoms with Crippen LogP contribution < -0.4 is 9.47 Å². The van der Waals surface area contributed by atoms with Crippen molar-refractivity contribution in [1.29, 1.82) is 0 Å². The molecule has 43 heavy (non-hydrogen) atoms. The highest BCUT2D eigenvalue weighted by Gasteiger charge is 2.47. The number of aromatic hydroxyl groups is 3. The minimum absolute atomic E-state index is 0.0427. The van der Waals surface area contributed by atoms with Crippen LogP contribution in [0.4, 0.5) is 0 Å². The molecule has 2 aliphatic heterocycles. The van der Waals surface area contributed by atoms with Crippen LogP contribution in [-0.4, -0.2) is 131 Å². The molecule has 16 heteroatoms. The van der Waals surface area contributed by atoms with E-state index < -0.39 is 91.9 Å². The standard InChI is InChI=1S/C27H30O16/c28-7-17-19(33)21(35)23(37)26(42-17)40-15-5-10(30)4-14-11(15)6-16(25(39-14)9-1-2-12(31)13(32)3-9)41-27-24(38)22(36)20(34)18(8-29)43-27/h1-6,17-24,26-29,33-38H,7-8H2,(H2-,30,31,32)/p+1/t17-,18-,19-,20+,21+,22+,23-,24-,26?,27?/m1/s1. The Morgan fingerprint density at radius 3 is 1.72 bits per heavy atom. The number of fused-ring (bicyclic) bond motifs is 1. The number of benzene rings is 2. The summed E-state index contributed by atoms with van der Waals surface area (Å²) in [5.41, 5.74) is 0.0554. The van der Waals surface area contributed by atoms with Crippen molar-refractivity contribution in [1.82, 2.24) is 0 Å². The second-order valence-electron chi connectivity index (χ2n) is 10.1. The molecule has 2 unspecified atom stereocenters. The van der Waals surface area contributed by atoms with Crippen molar-refractivity contribution in [2.75, 3.05) is 13.2 Å². The number of ether oxygens (including phenoxy) is 4. The van der Waals surface area contributed by atoms with E-state index in [4.69, 9.17) is 23.4 Å². The van der Waals surface area contributed by atoms with Gasteiger partial charge in [0, 0.05) is 18.2 Å². The normalized spacial score (nSPS) is 32.9. The van der Waals surface area contributed by atoms with Gasteiger partial charge in [-0.2, -0.15) is 0 Å². The second-order valence-corrected chi connectivity index (χ2v) is 10.1. The van der Waals surface area contributed by atoms with Gasteiger partial charge in [-0.3, -0.25) is 0 Å². The number of aliphatic hydroxyl groups excluding tert-OH is 8. The Bertz CT molecular complexity index is 1450. The van der Waals surface area contributed by atoms with E-state index in [1.54, 1.807) is 0 Å². The third-order valence-corrected chi connectivity index (χ3v) is 7.22. The molecule has 11 N–H and O–H groups in total. The molecule has 0 bridgehead atoms. The summed E-state index contributed by atoms with van der Waals surface area (Å²) in [5, 5.41) is 111. The SMILES string of the molecule is OC[C@H]1OC(Oc2cc3c(OC4O[C@H](CO)[C@@H](O)[C@H](O)[C@H]4O)cc(O)cc3[o+]c2-c2ccc(O)c(O)c2)[C@H](O)[C@@H](O)[C@H]1O. The quantitative estimate of drug-likeness (QED) is 0.100. The van der Waals surface area contributed by atoms with Crippen LogP contribution in [0.15, 0.2) is 40.8 Å². The molecule has 0 radical (unpaired) electrons. The van der Waals surface area contributed by atoms with E-state index in [9.17, 15) is 56.2 Å². The maximum atomic E-state index is 10.6. The number of hydrogen-bond donors (Lipinski definition) is 11. The van der Waals surface area contributed by atoms with E-state index in [0.717, 1.165) is 18.2 Å². The monoisotopic (exact) mass is 611 g/mol. The van der Waals surface area contributed by atoms with Gasteiger partial charge in [-0.15, -0.1) is 0 Å². The Balaban J connectivity index is 1.61. The van der Waals surface area contributed by atoms with Gasteiger partial charge in [-0.1, -0.05) is 0 Å². The van der Waals surface area contributed by atoms with Gasteiger partial charge in [0.05, 0.1) is 24.8 Å². The smallest absolute Gasteiger partial charge is 0.402 e. The highest BCUT2D eigenvalue weighted by molar-refractivity contribution is 5.89. The van der Waals surface area contributed by atoms with Crippen LogP contribution in [0.2, 0.25) is 0 Å². The zero-order chi connectivity index (χ0) is 31.2. The molecule has 0 saturated carbocycles. The maximum Gasteiger partial charge on any atom is 0.402 e. The van der Waals surface area contributed by atoms with Gasteiger partial charge in [0.25, 0.3) is 0 Å². The molecule has 3 aromatic rings. The van der Waals surface area contributed by atoms with Crippen molar-refractivity contribution in [3.05, 3.63) is 36.4 Å². The lowest BCUT2D eigenvalue weighted by Crippen LogP contribution is -2.60. The van der Waals surface area contributed by atoms with Crippen LogP contribution in [0.3, 0.4) is 0 Å². The lowest BCUT2D eigenvalue weighted by molar-refractivity contribution is -0.277. The summed E-state index contributed by atoms with van der Waals surface area (Å²) < 4.78 is 28.4. The fourth-order valence-electron chi connectivity index (χ4n) is 4.80. The summed E-state index contributed by atoms with van der Waals surface area (Å²) in [6.45, 7) is -1.46. The number of hydrogen-bond acceptors (Lipinski definition) is 15. The van der Waals surface area contributed by atoms with Crippen molar-refractivity contribution in [2.45, 2.75) is 61.4 Å². The van der Waals surface area contributed by atoms with Crippen molar-refractivity contribution in [3.63, 3.8) is 0 Å². The molecular weight excluding hydrogens is 580 g/mol. The zero-order valence-electron chi connectivity index (χ0n) is 22.1. The van der Waals surface area contributed by atoms with E-state index in [1.165, 1.54) is 18.2 Å². The molecule has 3 heterocycles. The van der Waals surface area contributed by atoms with Gasteiger partial charge in [-0.25, -0.2) is 4.42 Å². The Hall–Kier alpha value is -3.55. The Kier molecular flexibility index (Phi) is 8.77. The van der Waals surface area contributed by atoms with Gasteiger partial charge >= 0.3 is 11.3 Å². The first-order valence-electron chi connectivity index (χ1n) is 13.0. The van der Waals surface area contributed by atoms with Gasteiger partial charge in [0.15, 0.2) is 11.5 Å². The van der Waals surface area contributed by atoms with Gasteiger partial charge in [-0.05, 0) is 12.1 Å².